The van der Waals surface area contributed by atoms with E-state index in [1.807, 2.05) is 44.2 Å². The summed E-state index contributed by atoms with van der Waals surface area (Å²) in [6, 6.07) is 17.9. The van der Waals surface area contributed by atoms with Crippen molar-refractivity contribution in [2.75, 3.05) is 0 Å². The molecule has 0 saturated heterocycles. The highest BCUT2D eigenvalue weighted by Crippen LogP contribution is 2.21. The second-order valence-electron chi connectivity index (χ2n) is 7.05. The molecule has 0 aliphatic rings. The van der Waals surface area contributed by atoms with Gasteiger partial charge >= 0.3 is 0 Å². The first-order valence-electron chi connectivity index (χ1n) is 8.50. The van der Waals surface area contributed by atoms with E-state index in [0.29, 0.717) is 5.69 Å². The molecule has 0 unspecified atom stereocenters. The number of halogens is 1. The lowest BCUT2D eigenvalue weighted by Crippen LogP contribution is -2.45. The van der Waals surface area contributed by atoms with Gasteiger partial charge in [0.15, 0.2) is 5.69 Å². The molecule has 1 N–H and O–H groups in total. The van der Waals surface area contributed by atoms with Crippen LogP contribution in [0.5, 0.6) is 0 Å². The summed E-state index contributed by atoms with van der Waals surface area (Å²) in [4.78, 5) is 12.7. The first-order chi connectivity index (χ1) is 12.3. The summed E-state index contributed by atoms with van der Waals surface area (Å²) in [5.74, 6) is -0.522. The van der Waals surface area contributed by atoms with Gasteiger partial charge in [0, 0.05) is 12.6 Å². The van der Waals surface area contributed by atoms with Crippen LogP contribution in [0.15, 0.2) is 60.7 Å². The number of nitrogens with zero attached hydrogens (tertiary/aromatic N) is 2. The van der Waals surface area contributed by atoms with Gasteiger partial charge in [-0.05, 0) is 61.7 Å². The van der Waals surface area contributed by atoms with Gasteiger partial charge in [-0.3, -0.25) is 9.48 Å². The lowest BCUT2D eigenvalue weighted by atomic mass is 9.95. The van der Waals surface area contributed by atoms with Crippen molar-refractivity contribution in [2.45, 2.75) is 25.8 Å². The molecule has 0 atom stereocenters. The number of carbonyl (C=O) groups is 1. The number of hydrogen-bond donors (Lipinski definition) is 1. The predicted octanol–water partition coefficient (Wildman–Crippen LogP) is 3.98. The van der Waals surface area contributed by atoms with E-state index in [9.17, 15) is 9.18 Å². The fourth-order valence-electron chi connectivity index (χ4n) is 2.99. The molecule has 5 heteroatoms. The summed E-state index contributed by atoms with van der Waals surface area (Å²) in [7, 11) is 1.77. The Hall–Kier alpha value is -2.95. The largest absolute Gasteiger partial charge is 0.345 e. The number of aryl methyl sites for hydroxylation is 1. The van der Waals surface area contributed by atoms with Crippen molar-refractivity contribution in [1.82, 2.24) is 15.1 Å². The van der Waals surface area contributed by atoms with E-state index < -0.39 is 5.54 Å². The Kier molecular flexibility index (Phi) is 4.89. The van der Waals surface area contributed by atoms with Crippen LogP contribution >= 0.6 is 0 Å². The van der Waals surface area contributed by atoms with Gasteiger partial charge in [-0.1, -0.05) is 30.3 Å². The van der Waals surface area contributed by atoms with Crippen LogP contribution in [0.1, 0.15) is 29.9 Å². The highest BCUT2D eigenvalue weighted by molar-refractivity contribution is 5.93. The molecule has 4 nitrogen and oxygen atoms in total. The fourth-order valence-corrected chi connectivity index (χ4v) is 2.99. The normalized spacial score (nSPS) is 11.4. The highest BCUT2D eigenvalue weighted by Gasteiger charge is 2.23. The van der Waals surface area contributed by atoms with E-state index in [1.54, 1.807) is 29.9 Å². The molecule has 2 aromatic carbocycles. The van der Waals surface area contributed by atoms with Crippen molar-refractivity contribution in [3.63, 3.8) is 0 Å². The fraction of sp³-hybridized carbons (Fsp3) is 0.238. The average Bonchev–Trinajstić information content (AvgIpc) is 2.98. The molecule has 134 valence electrons. The number of hydrogen-bond acceptors (Lipinski definition) is 2. The van der Waals surface area contributed by atoms with Crippen LogP contribution in [0.4, 0.5) is 4.39 Å². The highest BCUT2D eigenvalue weighted by atomic mass is 19.1. The van der Waals surface area contributed by atoms with E-state index in [-0.39, 0.29) is 11.7 Å². The molecule has 26 heavy (non-hydrogen) atoms. The quantitative estimate of drug-likeness (QED) is 0.756. The van der Waals surface area contributed by atoms with Gasteiger partial charge < -0.3 is 5.32 Å². The van der Waals surface area contributed by atoms with Gasteiger partial charge in [0.25, 0.3) is 5.91 Å². The Labute approximate surface area is 152 Å². The zero-order valence-electron chi connectivity index (χ0n) is 15.2. The Morgan fingerprint density at radius 3 is 2.42 bits per heavy atom. The topological polar surface area (TPSA) is 46.9 Å². The molecule has 0 saturated carbocycles. The van der Waals surface area contributed by atoms with Crippen molar-refractivity contribution in [2.24, 2.45) is 7.05 Å². The zero-order valence-corrected chi connectivity index (χ0v) is 15.2. The third kappa shape index (κ3) is 4.17. The molecule has 0 aliphatic carbocycles. The number of amides is 1. The van der Waals surface area contributed by atoms with E-state index in [0.717, 1.165) is 23.2 Å². The molecule has 0 spiro atoms. The van der Waals surface area contributed by atoms with Crippen LogP contribution < -0.4 is 5.32 Å². The number of aromatic nitrogens is 2. The summed E-state index contributed by atoms with van der Waals surface area (Å²) in [6.07, 6.45) is 0.719. The predicted molar refractivity (Wildman–Crippen MR) is 100 cm³/mol. The molecule has 3 aromatic rings. The smallest absolute Gasteiger partial charge is 0.272 e. The maximum absolute atomic E-state index is 13.1. The second kappa shape index (κ2) is 7.12. The summed E-state index contributed by atoms with van der Waals surface area (Å²) >= 11 is 0. The molecule has 0 radical (unpaired) electrons. The monoisotopic (exact) mass is 351 g/mol. The van der Waals surface area contributed by atoms with Crippen molar-refractivity contribution >= 4 is 5.91 Å². The van der Waals surface area contributed by atoms with Crippen molar-refractivity contribution < 1.29 is 9.18 Å². The molecule has 1 amide bonds. The number of nitrogens with one attached hydrogen (secondary N) is 1. The summed E-state index contributed by atoms with van der Waals surface area (Å²) in [6.45, 7) is 3.98. The van der Waals surface area contributed by atoms with Gasteiger partial charge in [-0.2, -0.15) is 5.10 Å². The molecule has 3 rings (SSSR count). The number of rotatable bonds is 5. The van der Waals surface area contributed by atoms with E-state index in [2.05, 4.69) is 10.4 Å². The molecule has 1 heterocycles. The van der Waals surface area contributed by atoms with Gasteiger partial charge in [0.2, 0.25) is 0 Å². The first kappa shape index (κ1) is 17.9. The Morgan fingerprint density at radius 2 is 1.77 bits per heavy atom. The van der Waals surface area contributed by atoms with E-state index >= 15 is 0 Å². The lowest BCUT2D eigenvalue weighted by Gasteiger charge is -2.26. The number of benzene rings is 2. The van der Waals surface area contributed by atoms with Gasteiger partial charge in [-0.25, -0.2) is 4.39 Å². The Balaban J connectivity index is 1.76. The summed E-state index contributed by atoms with van der Waals surface area (Å²) < 4.78 is 14.7. The molecule has 0 bridgehead atoms. The second-order valence-corrected chi connectivity index (χ2v) is 7.05. The summed E-state index contributed by atoms with van der Waals surface area (Å²) in [5, 5.41) is 7.36. The van der Waals surface area contributed by atoms with Crippen LogP contribution in [0.25, 0.3) is 11.3 Å². The minimum absolute atomic E-state index is 0.227. The number of carbonyl (C=O) groups excluding carboxylic acids is 1. The van der Waals surface area contributed by atoms with Crippen LogP contribution in [-0.2, 0) is 13.5 Å². The maximum Gasteiger partial charge on any atom is 0.272 e. The van der Waals surface area contributed by atoms with E-state index in [4.69, 9.17) is 0 Å². The lowest BCUT2D eigenvalue weighted by molar-refractivity contribution is 0.0907. The first-order valence-corrected chi connectivity index (χ1v) is 8.50. The van der Waals surface area contributed by atoms with Crippen LogP contribution in [0.2, 0.25) is 0 Å². The van der Waals surface area contributed by atoms with Gasteiger partial charge in [0.05, 0.1) is 5.69 Å². The third-order valence-corrected chi connectivity index (χ3v) is 4.19. The van der Waals surface area contributed by atoms with Crippen molar-refractivity contribution in [3.8, 4) is 11.3 Å². The SMILES string of the molecule is Cn1nc(C(=O)NC(C)(C)Cc2ccccc2)cc1-c1ccc(F)cc1. The summed E-state index contributed by atoms with van der Waals surface area (Å²) in [5.41, 5.74) is 2.66. The molecular formula is C21H22FN3O. The maximum atomic E-state index is 13.1. The van der Waals surface area contributed by atoms with Crippen LogP contribution in [0.3, 0.4) is 0 Å². The molecule has 1 aromatic heterocycles. The third-order valence-electron chi connectivity index (χ3n) is 4.19. The van der Waals surface area contributed by atoms with Gasteiger partial charge in [0.1, 0.15) is 5.82 Å². The zero-order chi connectivity index (χ0) is 18.7. The molecule has 0 aliphatic heterocycles. The van der Waals surface area contributed by atoms with Crippen LogP contribution in [-0.4, -0.2) is 21.2 Å². The van der Waals surface area contributed by atoms with Crippen LogP contribution in [0, 0.1) is 5.82 Å². The molecular weight excluding hydrogens is 329 g/mol. The minimum atomic E-state index is -0.411. The Morgan fingerprint density at radius 1 is 1.12 bits per heavy atom. The molecule has 0 fully saturated rings. The van der Waals surface area contributed by atoms with Crippen molar-refractivity contribution in [1.29, 1.82) is 0 Å². The standard InChI is InChI=1S/C21H22FN3O/c1-21(2,14-15-7-5-4-6-8-15)23-20(26)18-13-19(25(3)24-18)16-9-11-17(22)12-10-16/h4-13H,14H2,1-3H3,(H,23,26). The minimum Gasteiger partial charge on any atom is -0.345 e. The Bertz CT molecular complexity index is 899. The van der Waals surface area contributed by atoms with E-state index in [1.165, 1.54) is 12.1 Å². The van der Waals surface area contributed by atoms with Gasteiger partial charge in [-0.15, -0.1) is 0 Å². The van der Waals surface area contributed by atoms with Crippen molar-refractivity contribution in [3.05, 3.63) is 77.7 Å². The average molecular weight is 351 g/mol.